The van der Waals surface area contributed by atoms with Crippen LogP contribution in [-0.2, 0) is 0 Å². The minimum atomic E-state index is -0.532. The Bertz CT molecular complexity index is 935. The molecule has 1 aliphatic rings. The summed E-state index contributed by atoms with van der Waals surface area (Å²) < 4.78 is 0. The Labute approximate surface area is 146 Å². The first-order valence-electron chi connectivity index (χ1n) is 8.61. The molecule has 0 aliphatic heterocycles. The Morgan fingerprint density at radius 3 is 2.52 bits per heavy atom. The minimum Gasteiger partial charge on any atom is -0.366 e. The molecule has 5 heteroatoms. The highest BCUT2D eigenvalue weighted by molar-refractivity contribution is 6.05. The van der Waals surface area contributed by atoms with E-state index in [-0.39, 0.29) is 5.69 Å². The number of aromatic nitrogens is 2. The van der Waals surface area contributed by atoms with Crippen molar-refractivity contribution in [2.45, 2.75) is 25.8 Å². The van der Waals surface area contributed by atoms with Crippen LogP contribution in [0.3, 0.4) is 0 Å². The average Bonchev–Trinajstić information content (AvgIpc) is 3.47. The fourth-order valence-electron chi connectivity index (χ4n) is 3.35. The van der Waals surface area contributed by atoms with Crippen molar-refractivity contribution in [1.29, 1.82) is 0 Å². The standard InChI is InChI=1S/C20H20N4O/c1-2-24(15-9-10-15)19-16-11-8-14(13-6-4-3-5-7-13)12-17(16)22-23-18(19)20(21)25/h3-8,11-12,15H,2,9-10H2,1H3,(H2,21,25). The van der Waals surface area contributed by atoms with Crippen molar-refractivity contribution in [3.63, 3.8) is 0 Å². The van der Waals surface area contributed by atoms with Gasteiger partial charge in [0, 0.05) is 18.0 Å². The monoisotopic (exact) mass is 332 g/mol. The molecule has 1 fully saturated rings. The van der Waals surface area contributed by atoms with E-state index in [0.29, 0.717) is 6.04 Å². The predicted octanol–water partition coefficient (Wildman–Crippen LogP) is 3.38. The topological polar surface area (TPSA) is 72.1 Å². The Kier molecular flexibility index (Phi) is 3.84. The highest BCUT2D eigenvalue weighted by atomic mass is 16.1. The predicted molar refractivity (Wildman–Crippen MR) is 99.5 cm³/mol. The van der Waals surface area contributed by atoms with Gasteiger partial charge < -0.3 is 10.6 Å². The second-order valence-corrected chi connectivity index (χ2v) is 6.38. The normalized spacial score (nSPS) is 13.8. The number of carbonyl (C=O) groups excluding carboxylic acids is 1. The number of nitrogens with two attached hydrogens (primary N) is 1. The lowest BCUT2D eigenvalue weighted by Gasteiger charge is -2.25. The Morgan fingerprint density at radius 2 is 1.88 bits per heavy atom. The van der Waals surface area contributed by atoms with E-state index in [1.807, 2.05) is 30.3 Å². The van der Waals surface area contributed by atoms with Crippen LogP contribution in [0.2, 0.25) is 0 Å². The van der Waals surface area contributed by atoms with Crippen molar-refractivity contribution in [3.8, 4) is 11.1 Å². The molecule has 0 atom stereocenters. The van der Waals surface area contributed by atoms with Gasteiger partial charge in [0.1, 0.15) is 0 Å². The van der Waals surface area contributed by atoms with Crippen LogP contribution < -0.4 is 10.6 Å². The first-order valence-corrected chi connectivity index (χ1v) is 8.61. The van der Waals surface area contributed by atoms with Gasteiger partial charge in [0.2, 0.25) is 0 Å². The van der Waals surface area contributed by atoms with Crippen LogP contribution in [0.5, 0.6) is 0 Å². The molecule has 0 radical (unpaired) electrons. The highest BCUT2D eigenvalue weighted by Crippen LogP contribution is 2.37. The van der Waals surface area contributed by atoms with E-state index in [1.165, 1.54) is 0 Å². The zero-order valence-electron chi connectivity index (χ0n) is 14.1. The molecule has 0 saturated heterocycles. The van der Waals surface area contributed by atoms with E-state index < -0.39 is 5.91 Å². The zero-order valence-corrected chi connectivity index (χ0v) is 14.1. The quantitative estimate of drug-likeness (QED) is 0.777. The fourth-order valence-corrected chi connectivity index (χ4v) is 3.35. The lowest BCUT2D eigenvalue weighted by atomic mass is 10.0. The van der Waals surface area contributed by atoms with E-state index in [0.717, 1.165) is 47.1 Å². The Morgan fingerprint density at radius 1 is 1.12 bits per heavy atom. The molecule has 0 bridgehead atoms. The van der Waals surface area contributed by atoms with Crippen molar-refractivity contribution in [1.82, 2.24) is 10.2 Å². The van der Waals surface area contributed by atoms with Gasteiger partial charge in [-0.2, -0.15) is 0 Å². The fraction of sp³-hybridized carbons (Fsp3) is 0.250. The van der Waals surface area contributed by atoms with E-state index in [9.17, 15) is 4.79 Å². The molecule has 2 aromatic carbocycles. The summed E-state index contributed by atoms with van der Waals surface area (Å²) in [6.45, 7) is 2.90. The second kappa shape index (κ2) is 6.16. The number of hydrogen-bond acceptors (Lipinski definition) is 4. The number of anilines is 1. The molecule has 0 spiro atoms. The third-order valence-electron chi connectivity index (χ3n) is 4.69. The summed E-state index contributed by atoms with van der Waals surface area (Å²) in [6, 6.07) is 16.7. The van der Waals surface area contributed by atoms with Crippen molar-refractivity contribution < 1.29 is 4.79 Å². The summed E-state index contributed by atoms with van der Waals surface area (Å²) in [5.41, 5.74) is 9.63. The molecule has 3 aromatic rings. The van der Waals surface area contributed by atoms with Crippen molar-refractivity contribution in [2.75, 3.05) is 11.4 Å². The van der Waals surface area contributed by atoms with Crippen molar-refractivity contribution >= 4 is 22.5 Å². The molecule has 4 rings (SSSR count). The molecule has 1 saturated carbocycles. The highest BCUT2D eigenvalue weighted by Gasteiger charge is 2.32. The molecule has 1 heterocycles. The molecule has 1 aromatic heterocycles. The molecular weight excluding hydrogens is 312 g/mol. The van der Waals surface area contributed by atoms with E-state index in [1.54, 1.807) is 0 Å². The van der Waals surface area contributed by atoms with Crippen LogP contribution in [0.15, 0.2) is 48.5 Å². The maximum atomic E-state index is 11.9. The summed E-state index contributed by atoms with van der Waals surface area (Å²) >= 11 is 0. The number of amides is 1. The Hall–Kier alpha value is -2.95. The van der Waals surface area contributed by atoms with Gasteiger partial charge >= 0.3 is 0 Å². The number of carbonyl (C=O) groups is 1. The summed E-state index contributed by atoms with van der Waals surface area (Å²) in [6.07, 6.45) is 2.27. The summed E-state index contributed by atoms with van der Waals surface area (Å²) in [5, 5.41) is 9.35. The van der Waals surface area contributed by atoms with Crippen LogP contribution in [0.25, 0.3) is 22.0 Å². The number of primary amides is 1. The lowest BCUT2D eigenvalue weighted by molar-refractivity contribution is 0.0995. The van der Waals surface area contributed by atoms with Gasteiger partial charge in [-0.1, -0.05) is 36.4 Å². The number of rotatable bonds is 5. The number of nitrogens with zero attached hydrogens (tertiary/aromatic N) is 3. The second-order valence-electron chi connectivity index (χ2n) is 6.38. The smallest absolute Gasteiger partial charge is 0.271 e. The Balaban J connectivity index is 1.91. The largest absolute Gasteiger partial charge is 0.366 e. The van der Waals surface area contributed by atoms with E-state index >= 15 is 0 Å². The van der Waals surface area contributed by atoms with Gasteiger partial charge in [-0.3, -0.25) is 4.79 Å². The van der Waals surface area contributed by atoms with Gasteiger partial charge in [-0.15, -0.1) is 10.2 Å². The van der Waals surface area contributed by atoms with Crippen LogP contribution in [0.1, 0.15) is 30.3 Å². The van der Waals surface area contributed by atoms with Crippen LogP contribution in [0, 0.1) is 0 Å². The molecule has 1 amide bonds. The molecule has 2 N–H and O–H groups in total. The summed E-state index contributed by atoms with van der Waals surface area (Å²) in [7, 11) is 0. The first-order chi connectivity index (χ1) is 12.2. The van der Waals surface area contributed by atoms with Gasteiger partial charge in [-0.25, -0.2) is 0 Å². The molecular formula is C20H20N4O. The maximum absolute atomic E-state index is 11.9. The number of hydrogen-bond donors (Lipinski definition) is 1. The molecule has 0 unspecified atom stereocenters. The van der Waals surface area contributed by atoms with Crippen molar-refractivity contribution in [2.24, 2.45) is 5.73 Å². The number of fused-ring (bicyclic) bond motifs is 1. The average molecular weight is 332 g/mol. The zero-order chi connectivity index (χ0) is 17.4. The van der Waals surface area contributed by atoms with Gasteiger partial charge in [0.15, 0.2) is 5.69 Å². The van der Waals surface area contributed by atoms with E-state index in [4.69, 9.17) is 5.73 Å². The van der Waals surface area contributed by atoms with Gasteiger partial charge in [0.25, 0.3) is 5.91 Å². The summed E-state index contributed by atoms with van der Waals surface area (Å²) in [4.78, 5) is 14.1. The van der Waals surface area contributed by atoms with Gasteiger partial charge in [-0.05, 0) is 43.0 Å². The third-order valence-corrected chi connectivity index (χ3v) is 4.69. The summed E-state index contributed by atoms with van der Waals surface area (Å²) in [5.74, 6) is -0.532. The number of benzene rings is 2. The van der Waals surface area contributed by atoms with Gasteiger partial charge in [0.05, 0.1) is 11.2 Å². The maximum Gasteiger partial charge on any atom is 0.271 e. The van der Waals surface area contributed by atoms with Crippen molar-refractivity contribution in [3.05, 3.63) is 54.2 Å². The SMILES string of the molecule is CCN(c1c(C(N)=O)nnc2cc(-c3ccccc3)ccc12)C1CC1. The van der Waals surface area contributed by atoms with E-state index in [2.05, 4.69) is 40.2 Å². The van der Waals surface area contributed by atoms with Crippen LogP contribution in [-0.4, -0.2) is 28.7 Å². The van der Waals surface area contributed by atoms with Crippen LogP contribution >= 0.6 is 0 Å². The molecule has 1 aliphatic carbocycles. The molecule has 5 nitrogen and oxygen atoms in total. The third kappa shape index (κ3) is 2.82. The van der Waals surface area contributed by atoms with Crippen LogP contribution in [0.4, 0.5) is 5.69 Å². The lowest BCUT2D eigenvalue weighted by Crippen LogP contribution is -2.29. The molecule has 126 valence electrons. The molecule has 25 heavy (non-hydrogen) atoms. The minimum absolute atomic E-state index is 0.258. The first kappa shape index (κ1) is 15.6.